The Morgan fingerprint density at radius 3 is 2.41 bits per heavy atom. The molecule has 1 aliphatic heterocycles. The molecule has 3 atom stereocenters. The third kappa shape index (κ3) is 2.60. The van der Waals surface area contributed by atoms with Gasteiger partial charge in [0.1, 0.15) is 6.04 Å². The van der Waals surface area contributed by atoms with Crippen LogP contribution in [-0.4, -0.2) is 58.5 Å². The molecule has 29 heavy (non-hydrogen) atoms. The molecule has 7 nitrogen and oxygen atoms in total. The van der Waals surface area contributed by atoms with E-state index in [1.165, 1.54) is 7.11 Å². The first-order chi connectivity index (χ1) is 13.8. The minimum absolute atomic E-state index is 0.166. The number of ether oxygens (including phenoxy) is 4. The largest absolute Gasteiger partial charge is 0.633 e. The van der Waals surface area contributed by atoms with Gasteiger partial charge in [-0.25, -0.2) is 0 Å². The number of fused-ring (bicyclic) bond motifs is 1. The molecule has 4 rings (SSSR count). The molecule has 0 radical (unpaired) electrons. The second-order valence-electron chi connectivity index (χ2n) is 8.00. The van der Waals surface area contributed by atoms with Gasteiger partial charge < -0.3 is 28.8 Å². The Kier molecular flexibility index (Phi) is 4.63. The number of quaternary nitrogens is 1. The number of aryl methyl sites for hydroxylation is 1. The number of nitrogens with zero attached hydrogens (tertiary/aromatic N) is 1. The van der Waals surface area contributed by atoms with Crippen molar-refractivity contribution in [3.63, 3.8) is 0 Å². The third-order valence-electron chi connectivity index (χ3n) is 6.68. The maximum Gasteiger partial charge on any atom is 0.220 e. The average molecular weight is 401 g/mol. The third-order valence-corrected chi connectivity index (χ3v) is 6.68. The molecule has 1 spiro atoms. The maximum absolute atomic E-state index is 13.6. The van der Waals surface area contributed by atoms with Crippen LogP contribution in [0, 0.1) is 5.21 Å². The number of piperidine rings is 1. The number of carbonyl (C=O) groups is 1. The second-order valence-corrected chi connectivity index (χ2v) is 8.00. The zero-order valence-electron chi connectivity index (χ0n) is 17.5. The SMILES string of the molecule is COC1=CC23C(=CC1=O)CC[N+](C)([O-])C2CCc1cc(OC)c(OC)c(OC)c13. The lowest BCUT2D eigenvalue weighted by Crippen LogP contribution is -2.64. The van der Waals surface area contributed by atoms with Crippen molar-refractivity contribution in [1.29, 1.82) is 0 Å². The van der Waals surface area contributed by atoms with Crippen LogP contribution in [0.4, 0.5) is 0 Å². The Bertz CT molecular complexity index is 932. The summed E-state index contributed by atoms with van der Waals surface area (Å²) in [6.45, 7) is 0.437. The molecule has 3 aliphatic rings. The number of ketones is 1. The molecule has 0 saturated carbocycles. The van der Waals surface area contributed by atoms with E-state index in [1.807, 2.05) is 12.1 Å². The highest BCUT2D eigenvalue weighted by atomic mass is 16.5. The molecule has 1 heterocycles. The van der Waals surface area contributed by atoms with E-state index in [2.05, 4.69) is 0 Å². The summed E-state index contributed by atoms with van der Waals surface area (Å²) in [6, 6.07) is 1.67. The van der Waals surface area contributed by atoms with Crippen molar-refractivity contribution < 1.29 is 28.4 Å². The number of methoxy groups -OCH3 is 4. The van der Waals surface area contributed by atoms with Gasteiger partial charge in [-0.3, -0.25) is 4.79 Å². The summed E-state index contributed by atoms with van der Waals surface area (Å²) in [5.41, 5.74) is 2.06. The van der Waals surface area contributed by atoms with E-state index in [0.29, 0.717) is 43.1 Å². The number of rotatable bonds is 4. The van der Waals surface area contributed by atoms with Crippen molar-refractivity contribution in [1.82, 2.24) is 0 Å². The first-order valence-corrected chi connectivity index (χ1v) is 9.74. The van der Waals surface area contributed by atoms with E-state index in [0.717, 1.165) is 16.7 Å². The predicted octanol–water partition coefficient (Wildman–Crippen LogP) is 2.65. The van der Waals surface area contributed by atoms with E-state index >= 15 is 0 Å². The van der Waals surface area contributed by atoms with Crippen LogP contribution >= 0.6 is 0 Å². The standard InChI is InChI=1S/C22H27NO6/c1-23(25)9-8-14-11-15(24)17(27-3)12-22(14)18(23)7-6-13-10-16(26-2)20(28-4)21(29-5)19(13)22/h10-12,18H,6-9H2,1-5H3. The average Bonchev–Trinajstić information content (AvgIpc) is 2.71. The lowest BCUT2D eigenvalue weighted by Gasteiger charge is -2.60. The van der Waals surface area contributed by atoms with Crippen molar-refractivity contribution in [2.24, 2.45) is 0 Å². The second kappa shape index (κ2) is 6.78. The fraction of sp³-hybridized carbons (Fsp3) is 0.500. The van der Waals surface area contributed by atoms with Gasteiger partial charge in [0.25, 0.3) is 0 Å². The fourth-order valence-corrected chi connectivity index (χ4v) is 5.45. The van der Waals surface area contributed by atoms with E-state index < -0.39 is 5.41 Å². The summed E-state index contributed by atoms with van der Waals surface area (Å²) in [5, 5.41) is 13.6. The number of hydroxylamine groups is 3. The summed E-state index contributed by atoms with van der Waals surface area (Å²) in [6.07, 6.45) is 5.43. The monoisotopic (exact) mass is 401 g/mol. The molecule has 0 aromatic heterocycles. The molecule has 1 aromatic carbocycles. The van der Waals surface area contributed by atoms with Gasteiger partial charge in [0.15, 0.2) is 17.3 Å². The topological polar surface area (TPSA) is 77.1 Å². The summed E-state index contributed by atoms with van der Waals surface area (Å²) in [4.78, 5) is 12.6. The van der Waals surface area contributed by atoms with Crippen LogP contribution in [0.2, 0.25) is 0 Å². The highest BCUT2D eigenvalue weighted by molar-refractivity contribution is 6.05. The van der Waals surface area contributed by atoms with Crippen molar-refractivity contribution in [3.05, 3.63) is 45.9 Å². The number of hydrogen-bond acceptors (Lipinski definition) is 6. The molecule has 1 aromatic rings. The number of likely N-dealkylation sites (tertiary alicyclic amines) is 1. The van der Waals surface area contributed by atoms with Crippen molar-refractivity contribution in [3.8, 4) is 17.2 Å². The zero-order valence-corrected chi connectivity index (χ0v) is 17.5. The summed E-state index contributed by atoms with van der Waals surface area (Å²) >= 11 is 0. The van der Waals surface area contributed by atoms with Gasteiger partial charge in [-0.2, -0.15) is 0 Å². The molecule has 2 aliphatic carbocycles. The first-order valence-electron chi connectivity index (χ1n) is 9.74. The van der Waals surface area contributed by atoms with Gasteiger partial charge in [-0.05, 0) is 35.8 Å². The lowest BCUT2D eigenvalue weighted by molar-refractivity contribution is -0.894. The van der Waals surface area contributed by atoms with Gasteiger partial charge in [0.2, 0.25) is 11.5 Å². The highest BCUT2D eigenvalue weighted by Crippen LogP contribution is 2.59. The van der Waals surface area contributed by atoms with Crippen LogP contribution in [0.5, 0.6) is 17.2 Å². The Hall–Kier alpha value is -2.51. The normalized spacial score (nSPS) is 30.3. The minimum atomic E-state index is -0.785. The Labute approximate surface area is 170 Å². The number of allylic oxidation sites excluding steroid dienone is 1. The molecule has 3 unspecified atom stereocenters. The Balaban J connectivity index is 2.11. The molecule has 0 bridgehead atoms. The molecule has 7 heteroatoms. The highest BCUT2D eigenvalue weighted by Gasteiger charge is 2.58. The van der Waals surface area contributed by atoms with Gasteiger partial charge in [-0.15, -0.1) is 0 Å². The zero-order chi connectivity index (χ0) is 21.0. The first kappa shape index (κ1) is 19.8. The van der Waals surface area contributed by atoms with Crippen molar-refractivity contribution >= 4 is 5.78 Å². The fourth-order valence-electron chi connectivity index (χ4n) is 5.45. The molecule has 0 N–H and O–H groups in total. The molecule has 0 amide bonds. The maximum atomic E-state index is 13.6. The van der Waals surface area contributed by atoms with Crippen LogP contribution in [0.15, 0.2) is 29.6 Å². The molecule has 156 valence electrons. The van der Waals surface area contributed by atoms with Gasteiger partial charge in [0.05, 0.1) is 47.4 Å². The molecular weight excluding hydrogens is 374 g/mol. The summed E-state index contributed by atoms with van der Waals surface area (Å²) < 4.78 is 22.0. The molecular formula is C22H27NO6. The van der Waals surface area contributed by atoms with E-state index in [-0.39, 0.29) is 22.2 Å². The van der Waals surface area contributed by atoms with Crippen molar-refractivity contribution in [2.45, 2.75) is 30.7 Å². The van der Waals surface area contributed by atoms with E-state index in [1.54, 1.807) is 34.5 Å². The van der Waals surface area contributed by atoms with Gasteiger partial charge >= 0.3 is 0 Å². The Morgan fingerprint density at radius 2 is 1.79 bits per heavy atom. The van der Waals surface area contributed by atoms with Crippen molar-refractivity contribution in [2.75, 3.05) is 42.0 Å². The lowest BCUT2D eigenvalue weighted by atomic mass is 9.57. The van der Waals surface area contributed by atoms with Crippen LogP contribution in [0.25, 0.3) is 0 Å². The van der Waals surface area contributed by atoms with Crippen LogP contribution in [0.3, 0.4) is 0 Å². The quantitative estimate of drug-likeness (QED) is 0.570. The summed E-state index contributed by atoms with van der Waals surface area (Å²) in [7, 11) is 7.95. The van der Waals surface area contributed by atoms with E-state index in [9.17, 15) is 10.0 Å². The Morgan fingerprint density at radius 1 is 1.07 bits per heavy atom. The van der Waals surface area contributed by atoms with Crippen LogP contribution in [-0.2, 0) is 21.4 Å². The van der Waals surface area contributed by atoms with Crippen LogP contribution in [0.1, 0.15) is 24.0 Å². The summed E-state index contributed by atoms with van der Waals surface area (Å²) in [5.74, 6) is 1.70. The van der Waals surface area contributed by atoms with Gasteiger partial charge in [0, 0.05) is 18.4 Å². The van der Waals surface area contributed by atoms with Crippen LogP contribution < -0.4 is 14.2 Å². The number of carbonyl (C=O) groups excluding carboxylic acids is 1. The predicted molar refractivity (Wildman–Crippen MR) is 107 cm³/mol. The number of hydrogen-bond donors (Lipinski definition) is 0. The smallest absolute Gasteiger partial charge is 0.220 e. The van der Waals surface area contributed by atoms with Gasteiger partial charge in [-0.1, -0.05) is 0 Å². The molecule has 1 fully saturated rings. The van der Waals surface area contributed by atoms with E-state index in [4.69, 9.17) is 18.9 Å². The minimum Gasteiger partial charge on any atom is -0.633 e. The number of benzene rings is 1. The molecule has 1 saturated heterocycles. The number of likely N-dealkylation sites (N-methyl/N-ethyl adjacent to an activating group) is 1.